The molecule has 0 aromatic rings. The van der Waals surface area contributed by atoms with Gasteiger partial charge in [-0.3, -0.25) is 4.79 Å². The molecule has 5 heteroatoms. The molecular formula is C10H20N2O3. The molecule has 15 heavy (non-hydrogen) atoms. The van der Waals surface area contributed by atoms with E-state index < -0.39 is 0 Å². The maximum atomic E-state index is 10.9. The van der Waals surface area contributed by atoms with Crippen molar-refractivity contribution in [3.63, 3.8) is 0 Å². The van der Waals surface area contributed by atoms with Gasteiger partial charge in [0, 0.05) is 6.54 Å². The lowest BCUT2D eigenvalue weighted by Gasteiger charge is -2.05. The lowest BCUT2D eigenvalue weighted by Crippen LogP contribution is -2.28. The Labute approximate surface area is 90.5 Å². The number of hydrogen-bond donors (Lipinski definition) is 3. The normalized spacial score (nSPS) is 9.93. The summed E-state index contributed by atoms with van der Waals surface area (Å²) in [7, 11) is 0. The van der Waals surface area contributed by atoms with Gasteiger partial charge >= 0.3 is 5.97 Å². The standard InChI is InChI=1S/C10H20N2O3/c1-2-4-11-5-3-6-12-9-10(14)15-8-7-13/h2,11-13H,1,3-9H2. The van der Waals surface area contributed by atoms with Crippen molar-refractivity contribution in [3.8, 4) is 0 Å². The zero-order valence-corrected chi connectivity index (χ0v) is 9.00. The van der Waals surface area contributed by atoms with Gasteiger partial charge in [0.2, 0.25) is 0 Å². The van der Waals surface area contributed by atoms with Crippen LogP contribution < -0.4 is 10.6 Å². The topological polar surface area (TPSA) is 70.6 Å². The highest BCUT2D eigenvalue weighted by Crippen LogP contribution is 1.77. The number of carbonyl (C=O) groups excluding carboxylic acids is 1. The molecule has 0 bridgehead atoms. The Hall–Kier alpha value is -0.910. The van der Waals surface area contributed by atoms with E-state index in [1.54, 1.807) is 6.08 Å². The first-order chi connectivity index (χ1) is 7.31. The van der Waals surface area contributed by atoms with E-state index in [0.29, 0.717) is 0 Å². The average Bonchev–Trinajstić information content (AvgIpc) is 2.25. The van der Waals surface area contributed by atoms with Crippen molar-refractivity contribution in [2.45, 2.75) is 6.42 Å². The molecule has 0 radical (unpaired) electrons. The molecule has 3 N–H and O–H groups in total. The van der Waals surface area contributed by atoms with Crippen LogP contribution in [-0.2, 0) is 9.53 Å². The molecule has 0 unspecified atom stereocenters. The number of esters is 1. The summed E-state index contributed by atoms with van der Waals surface area (Å²) in [6.45, 7) is 6.19. The van der Waals surface area contributed by atoms with Crippen molar-refractivity contribution in [1.29, 1.82) is 0 Å². The van der Waals surface area contributed by atoms with E-state index in [1.165, 1.54) is 0 Å². The fourth-order valence-electron chi connectivity index (χ4n) is 0.943. The van der Waals surface area contributed by atoms with Crippen molar-refractivity contribution in [2.24, 2.45) is 0 Å². The zero-order chi connectivity index (χ0) is 11.4. The molecule has 0 atom stereocenters. The third-order valence-electron chi connectivity index (χ3n) is 1.62. The van der Waals surface area contributed by atoms with Gasteiger partial charge in [-0.2, -0.15) is 0 Å². The average molecular weight is 216 g/mol. The Balaban J connectivity index is 3.09. The van der Waals surface area contributed by atoms with Crippen LogP contribution in [0.15, 0.2) is 12.7 Å². The van der Waals surface area contributed by atoms with Crippen molar-refractivity contribution in [1.82, 2.24) is 10.6 Å². The summed E-state index contributed by atoms with van der Waals surface area (Å²) in [5, 5.41) is 14.5. The van der Waals surface area contributed by atoms with Gasteiger partial charge < -0.3 is 20.5 Å². The first kappa shape index (κ1) is 14.1. The van der Waals surface area contributed by atoms with Gasteiger partial charge in [0.05, 0.1) is 13.2 Å². The van der Waals surface area contributed by atoms with Gasteiger partial charge in [-0.25, -0.2) is 0 Å². The van der Waals surface area contributed by atoms with Crippen LogP contribution in [0.5, 0.6) is 0 Å². The minimum absolute atomic E-state index is 0.0708. The van der Waals surface area contributed by atoms with Gasteiger partial charge in [-0.1, -0.05) is 6.08 Å². The van der Waals surface area contributed by atoms with Crippen molar-refractivity contribution in [3.05, 3.63) is 12.7 Å². The lowest BCUT2D eigenvalue weighted by molar-refractivity contribution is -0.143. The number of ether oxygens (including phenoxy) is 1. The maximum absolute atomic E-state index is 10.9. The van der Waals surface area contributed by atoms with Gasteiger partial charge in [0.1, 0.15) is 6.61 Å². The minimum Gasteiger partial charge on any atom is -0.462 e. The van der Waals surface area contributed by atoms with Crippen LogP contribution in [0, 0.1) is 0 Å². The summed E-state index contributed by atoms with van der Waals surface area (Å²) in [5.74, 6) is -0.330. The summed E-state index contributed by atoms with van der Waals surface area (Å²) in [5.41, 5.74) is 0. The van der Waals surface area contributed by atoms with Crippen LogP contribution in [0.4, 0.5) is 0 Å². The molecular weight excluding hydrogens is 196 g/mol. The molecule has 0 aliphatic heterocycles. The van der Waals surface area contributed by atoms with Crippen LogP contribution in [0.3, 0.4) is 0 Å². The SMILES string of the molecule is C=CCNCCCNCC(=O)OCCO. The third-order valence-corrected chi connectivity index (χ3v) is 1.62. The molecule has 0 saturated carbocycles. The molecule has 0 saturated heterocycles. The number of hydrogen-bond acceptors (Lipinski definition) is 5. The zero-order valence-electron chi connectivity index (χ0n) is 9.00. The van der Waals surface area contributed by atoms with Gasteiger partial charge in [-0.15, -0.1) is 6.58 Å². The molecule has 0 aliphatic rings. The van der Waals surface area contributed by atoms with Crippen LogP contribution in [0.2, 0.25) is 0 Å². The maximum Gasteiger partial charge on any atom is 0.319 e. The summed E-state index contributed by atoms with van der Waals surface area (Å²) >= 11 is 0. The first-order valence-corrected chi connectivity index (χ1v) is 5.10. The first-order valence-electron chi connectivity index (χ1n) is 5.10. The van der Waals surface area contributed by atoms with E-state index in [2.05, 4.69) is 21.9 Å². The molecule has 0 aromatic heterocycles. The molecule has 0 amide bonds. The Kier molecular flexibility index (Phi) is 10.5. The highest BCUT2D eigenvalue weighted by atomic mass is 16.5. The minimum atomic E-state index is -0.330. The highest BCUT2D eigenvalue weighted by Gasteiger charge is 1.99. The largest absolute Gasteiger partial charge is 0.462 e. The molecule has 5 nitrogen and oxygen atoms in total. The fourth-order valence-corrected chi connectivity index (χ4v) is 0.943. The van der Waals surface area contributed by atoms with Crippen LogP contribution >= 0.6 is 0 Å². The predicted octanol–water partition coefficient (Wildman–Crippen LogP) is -0.723. The molecule has 0 aromatic carbocycles. The predicted molar refractivity (Wildman–Crippen MR) is 58.6 cm³/mol. The summed E-state index contributed by atoms with van der Waals surface area (Å²) in [6.07, 6.45) is 2.75. The smallest absolute Gasteiger partial charge is 0.319 e. The monoisotopic (exact) mass is 216 g/mol. The highest BCUT2D eigenvalue weighted by molar-refractivity contribution is 5.71. The Morgan fingerprint density at radius 3 is 2.80 bits per heavy atom. The number of aliphatic hydroxyl groups is 1. The molecule has 0 rings (SSSR count). The fraction of sp³-hybridized carbons (Fsp3) is 0.700. The van der Waals surface area contributed by atoms with Crippen LogP contribution in [-0.4, -0.2) is 50.5 Å². The van der Waals surface area contributed by atoms with E-state index in [-0.39, 0.29) is 25.7 Å². The van der Waals surface area contributed by atoms with E-state index in [9.17, 15) is 4.79 Å². The van der Waals surface area contributed by atoms with Crippen molar-refractivity contribution < 1.29 is 14.6 Å². The molecule has 0 fully saturated rings. The van der Waals surface area contributed by atoms with Crippen LogP contribution in [0.25, 0.3) is 0 Å². The van der Waals surface area contributed by atoms with Gasteiger partial charge in [0.25, 0.3) is 0 Å². The summed E-state index contributed by atoms with van der Waals surface area (Å²) in [4.78, 5) is 10.9. The summed E-state index contributed by atoms with van der Waals surface area (Å²) in [6, 6.07) is 0. The lowest BCUT2D eigenvalue weighted by atomic mass is 10.4. The number of rotatable bonds is 10. The molecule has 88 valence electrons. The van der Waals surface area contributed by atoms with Gasteiger partial charge in [0.15, 0.2) is 0 Å². The second-order valence-electron chi connectivity index (χ2n) is 2.97. The Morgan fingerprint density at radius 1 is 1.40 bits per heavy atom. The third kappa shape index (κ3) is 11.0. The van der Waals surface area contributed by atoms with E-state index >= 15 is 0 Å². The van der Waals surface area contributed by atoms with Crippen LogP contribution in [0.1, 0.15) is 6.42 Å². The van der Waals surface area contributed by atoms with E-state index in [4.69, 9.17) is 5.11 Å². The number of nitrogens with one attached hydrogen (secondary N) is 2. The Bertz CT molecular complexity index is 174. The van der Waals surface area contributed by atoms with E-state index in [1.807, 2.05) is 0 Å². The number of aliphatic hydroxyl groups excluding tert-OH is 1. The molecule has 0 heterocycles. The summed E-state index contributed by atoms with van der Waals surface area (Å²) < 4.78 is 4.66. The van der Waals surface area contributed by atoms with Gasteiger partial charge in [-0.05, 0) is 19.5 Å². The molecule has 0 spiro atoms. The number of carbonyl (C=O) groups is 1. The van der Waals surface area contributed by atoms with E-state index in [0.717, 1.165) is 26.1 Å². The molecule has 0 aliphatic carbocycles. The van der Waals surface area contributed by atoms with Crippen molar-refractivity contribution in [2.75, 3.05) is 39.4 Å². The second kappa shape index (κ2) is 11.2. The quantitative estimate of drug-likeness (QED) is 0.255. The Morgan fingerprint density at radius 2 is 2.13 bits per heavy atom. The second-order valence-corrected chi connectivity index (χ2v) is 2.97. The van der Waals surface area contributed by atoms with Crippen molar-refractivity contribution >= 4 is 5.97 Å².